The third kappa shape index (κ3) is 4.07. The molecule has 1 aromatic carbocycles. The van der Waals surface area contributed by atoms with E-state index in [0.717, 1.165) is 24.8 Å². The molecule has 32 heavy (non-hydrogen) atoms. The van der Waals surface area contributed by atoms with Crippen LogP contribution in [0.4, 0.5) is 0 Å². The minimum atomic E-state index is -3.86. The van der Waals surface area contributed by atoms with Crippen LogP contribution in [-0.4, -0.2) is 74.2 Å². The minimum Gasteiger partial charge on any atom is -0.378 e. The Morgan fingerprint density at radius 3 is 2.38 bits per heavy atom. The predicted octanol–water partition coefficient (Wildman–Crippen LogP) is 2.49. The van der Waals surface area contributed by atoms with Gasteiger partial charge in [-0.3, -0.25) is 9.59 Å². The van der Waals surface area contributed by atoms with Crippen LogP contribution in [0.15, 0.2) is 23.1 Å². The number of hydrogen-bond acceptors (Lipinski definition) is 5. The zero-order valence-corrected chi connectivity index (χ0v) is 20.0. The number of aryl methyl sites for hydroxylation is 2. The molecule has 0 bridgehead atoms. The van der Waals surface area contributed by atoms with E-state index in [1.54, 1.807) is 17.9 Å². The van der Waals surface area contributed by atoms with Crippen LogP contribution >= 0.6 is 0 Å². The highest BCUT2D eigenvalue weighted by molar-refractivity contribution is 7.93. The van der Waals surface area contributed by atoms with Crippen molar-refractivity contribution in [1.82, 2.24) is 9.80 Å². The summed E-state index contributed by atoms with van der Waals surface area (Å²) in [6.07, 6.45) is 3.59. The van der Waals surface area contributed by atoms with Gasteiger partial charge in [0.2, 0.25) is 11.8 Å². The summed E-state index contributed by atoms with van der Waals surface area (Å²) >= 11 is 0. The van der Waals surface area contributed by atoms with Crippen molar-refractivity contribution >= 4 is 21.7 Å². The third-order valence-corrected chi connectivity index (χ3v) is 9.96. The summed E-state index contributed by atoms with van der Waals surface area (Å²) in [5.74, 6) is -0.522. The average molecular weight is 463 g/mol. The summed E-state index contributed by atoms with van der Waals surface area (Å²) in [7, 11) is -3.86. The van der Waals surface area contributed by atoms with Gasteiger partial charge in [0.1, 0.15) is 0 Å². The maximum atomic E-state index is 13.9. The van der Waals surface area contributed by atoms with Gasteiger partial charge >= 0.3 is 0 Å². The first kappa shape index (κ1) is 23.2. The normalized spacial score (nSPS) is 23.9. The van der Waals surface area contributed by atoms with Crippen LogP contribution in [0, 0.1) is 19.8 Å². The molecule has 2 aliphatic heterocycles. The van der Waals surface area contributed by atoms with E-state index in [2.05, 4.69) is 0 Å². The molecule has 0 radical (unpaired) electrons. The summed E-state index contributed by atoms with van der Waals surface area (Å²) in [4.78, 5) is 30.7. The summed E-state index contributed by atoms with van der Waals surface area (Å²) in [6, 6.07) is 5.40. The first-order valence-corrected chi connectivity index (χ1v) is 13.2. The molecule has 1 atom stereocenters. The van der Waals surface area contributed by atoms with Crippen LogP contribution in [0.3, 0.4) is 0 Å². The highest BCUT2D eigenvalue weighted by atomic mass is 32.2. The molecule has 2 heterocycles. The van der Waals surface area contributed by atoms with Gasteiger partial charge in [-0.15, -0.1) is 0 Å². The zero-order chi connectivity index (χ0) is 22.9. The van der Waals surface area contributed by atoms with E-state index < -0.39 is 14.6 Å². The average Bonchev–Trinajstić information content (AvgIpc) is 3.32. The lowest BCUT2D eigenvalue weighted by molar-refractivity contribution is -0.144. The van der Waals surface area contributed by atoms with E-state index in [9.17, 15) is 18.0 Å². The SMILES string of the molecule is Cc1ccc(C)c(S(=O)(=O)C2(C(=O)N3CCCC(C(=O)N4CCOCC4)C3)CCCC2)c1. The van der Waals surface area contributed by atoms with E-state index in [1.165, 1.54) is 0 Å². The molecule has 1 aromatic rings. The quantitative estimate of drug-likeness (QED) is 0.686. The highest BCUT2D eigenvalue weighted by Gasteiger charge is 2.55. The molecule has 1 saturated carbocycles. The van der Waals surface area contributed by atoms with Crippen molar-refractivity contribution in [2.45, 2.75) is 62.0 Å². The van der Waals surface area contributed by atoms with Crippen molar-refractivity contribution < 1.29 is 22.7 Å². The van der Waals surface area contributed by atoms with E-state index in [4.69, 9.17) is 4.74 Å². The fraction of sp³-hybridized carbons (Fsp3) is 0.667. The Morgan fingerprint density at radius 2 is 1.69 bits per heavy atom. The monoisotopic (exact) mass is 462 g/mol. The molecule has 1 aliphatic carbocycles. The van der Waals surface area contributed by atoms with E-state index in [1.807, 2.05) is 24.0 Å². The number of ether oxygens (including phenoxy) is 1. The Balaban J connectivity index is 1.60. The number of sulfone groups is 1. The van der Waals surface area contributed by atoms with Gasteiger partial charge < -0.3 is 14.5 Å². The minimum absolute atomic E-state index is 0.0589. The summed E-state index contributed by atoms with van der Waals surface area (Å²) in [5.41, 5.74) is 1.54. The molecule has 7 nitrogen and oxygen atoms in total. The lowest BCUT2D eigenvalue weighted by atomic mass is 9.94. The smallest absolute Gasteiger partial charge is 0.244 e. The van der Waals surface area contributed by atoms with Crippen LogP contribution in [0.1, 0.15) is 49.7 Å². The molecule has 2 saturated heterocycles. The van der Waals surface area contributed by atoms with Crippen LogP contribution in [-0.2, 0) is 24.2 Å². The van der Waals surface area contributed by atoms with Crippen molar-refractivity contribution in [3.63, 3.8) is 0 Å². The van der Waals surface area contributed by atoms with Crippen LogP contribution in [0.2, 0.25) is 0 Å². The summed E-state index contributed by atoms with van der Waals surface area (Å²) in [5, 5.41) is 0. The summed E-state index contributed by atoms with van der Waals surface area (Å²) in [6.45, 7) is 6.71. The van der Waals surface area contributed by atoms with Gasteiger partial charge in [0, 0.05) is 26.2 Å². The largest absolute Gasteiger partial charge is 0.378 e. The lowest BCUT2D eigenvalue weighted by Gasteiger charge is -2.40. The van der Waals surface area contributed by atoms with Crippen LogP contribution in [0.5, 0.6) is 0 Å². The predicted molar refractivity (Wildman–Crippen MR) is 121 cm³/mol. The number of hydrogen-bond donors (Lipinski definition) is 0. The molecule has 0 aromatic heterocycles. The number of carbonyl (C=O) groups is 2. The Morgan fingerprint density at radius 1 is 1.00 bits per heavy atom. The van der Waals surface area contributed by atoms with Crippen molar-refractivity contribution in [2.75, 3.05) is 39.4 Å². The van der Waals surface area contributed by atoms with Gasteiger partial charge in [-0.2, -0.15) is 0 Å². The fourth-order valence-corrected chi connectivity index (χ4v) is 7.88. The van der Waals surface area contributed by atoms with Crippen LogP contribution < -0.4 is 0 Å². The van der Waals surface area contributed by atoms with Crippen molar-refractivity contribution in [3.8, 4) is 0 Å². The topological polar surface area (TPSA) is 84.0 Å². The van der Waals surface area contributed by atoms with Gasteiger partial charge in [-0.25, -0.2) is 8.42 Å². The molecule has 3 fully saturated rings. The molecule has 176 valence electrons. The molecule has 4 rings (SSSR count). The van der Waals surface area contributed by atoms with Gasteiger partial charge in [-0.1, -0.05) is 25.0 Å². The molecular formula is C24H34N2O5S. The third-order valence-electron chi connectivity index (χ3n) is 7.33. The van der Waals surface area contributed by atoms with Crippen molar-refractivity contribution in [3.05, 3.63) is 29.3 Å². The number of nitrogens with zero attached hydrogens (tertiary/aromatic N) is 2. The van der Waals surface area contributed by atoms with Gasteiger partial charge in [-0.05, 0) is 56.7 Å². The molecule has 2 amide bonds. The number of amides is 2. The van der Waals surface area contributed by atoms with Gasteiger partial charge in [0.25, 0.3) is 0 Å². The fourth-order valence-electron chi connectivity index (χ4n) is 5.44. The van der Waals surface area contributed by atoms with Gasteiger partial charge in [0.05, 0.1) is 24.0 Å². The maximum absolute atomic E-state index is 13.9. The molecule has 0 spiro atoms. The van der Waals surface area contributed by atoms with Crippen LogP contribution in [0.25, 0.3) is 0 Å². The first-order valence-electron chi connectivity index (χ1n) is 11.7. The maximum Gasteiger partial charge on any atom is 0.244 e. The Labute approximate surface area is 191 Å². The Kier molecular flexibility index (Phi) is 6.63. The number of rotatable bonds is 4. The van der Waals surface area contributed by atoms with Gasteiger partial charge in [0.15, 0.2) is 14.6 Å². The standard InChI is InChI=1S/C24H34N2O5S/c1-18-7-8-19(2)21(16-18)32(29,30)24(9-3-4-10-24)23(28)26-11-5-6-20(17-26)22(27)25-12-14-31-15-13-25/h7-8,16,20H,3-6,9-15,17H2,1-2H3. The van der Waals surface area contributed by atoms with E-state index in [-0.39, 0.29) is 22.6 Å². The molecule has 8 heteroatoms. The molecule has 1 unspecified atom stereocenters. The van der Waals surface area contributed by atoms with Crippen molar-refractivity contribution in [2.24, 2.45) is 5.92 Å². The molecule has 3 aliphatic rings. The second kappa shape index (κ2) is 9.14. The number of carbonyl (C=O) groups excluding carboxylic acids is 2. The van der Waals surface area contributed by atoms with Crippen molar-refractivity contribution in [1.29, 1.82) is 0 Å². The zero-order valence-electron chi connectivity index (χ0n) is 19.1. The van der Waals surface area contributed by atoms with E-state index in [0.29, 0.717) is 64.2 Å². The summed E-state index contributed by atoms with van der Waals surface area (Å²) < 4.78 is 31.8. The second-order valence-corrected chi connectivity index (χ2v) is 11.7. The van der Waals surface area contributed by atoms with E-state index >= 15 is 0 Å². The Bertz CT molecular complexity index is 978. The number of piperidine rings is 1. The second-order valence-electron chi connectivity index (χ2n) is 9.50. The molecule has 0 N–H and O–H groups in total. The highest BCUT2D eigenvalue weighted by Crippen LogP contribution is 2.43. The number of benzene rings is 1. The first-order chi connectivity index (χ1) is 15.3. The lowest BCUT2D eigenvalue weighted by Crippen LogP contribution is -2.56. The number of morpholine rings is 1. The Hall–Kier alpha value is -1.93. The number of likely N-dealkylation sites (tertiary alicyclic amines) is 1. The molecular weight excluding hydrogens is 428 g/mol.